The second-order valence-electron chi connectivity index (χ2n) is 8.23. The van der Waals surface area contributed by atoms with E-state index in [-0.39, 0.29) is 0 Å². The largest absolute Gasteiger partial charge is 0.337 e. The minimum Gasteiger partial charge on any atom is -0.337 e. The maximum absolute atomic E-state index is 12.8. The highest BCUT2D eigenvalue weighted by Gasteiger charge is 2.51. The molecular formula is C17H28N2O. The van der Waals surface area contributed by atoms with Crippen LogP contribution in [0.25, 0.3) is 0 Å². The van der Waals surface area contributed by atoms with E-state index in [9.17, 15) is 4.79 Å². The molecule has 5 aliphatic rings. The molecular weight excluding hydrogens is 248 g/mol. The Balaban J connectivity index is 1.47. The second kappa shape index (κ2) is 4.72. The van der Waals surface area contributed by atoms with Crippen LogP contribution in [0.15, 0.2) is 0 Å². The van der Waals surface area contributed by atoms with Crippen molar-refractivity contribution in [3.8, 4) is 0 Å². The summed E-state index contributed by atoms with van der Waals surface area (Å²) in [6.45, 7) is 5.03. The fraction of sp³-hybridized carbons (Fsp3) is 0.941. The van der Waals surface area contributed by atoms with Crippen molar-refractivity contribution in [2.75, 3.05) is 19.6 Å². The first-order valence-electron chi connectivity index (χ1n) is 8.64. The van der Waals surface area contributed by atoms with E-state index in [2.05, 4.69) is 17.1 Å². The van der Waals surface area contributed by atoms with Crippen molar-refractivity contribution in [1.82, 2.24) is 10.2 Å². The lowest BCUT2D eigenvalue weighted by Crippen LogP contribution is -2.54. The molecule has 3 nitrogen and oxygen atoms in total. The van der Waals surface area contributed by atoms with Gasteiger partial charge in [0.15, 0.2) is 0 Å². The van der Waals surface area contributed by atoms with E-state index < -0.39 is 0 Å². The SMILES string of the molecule is CC1CNCCN1C(=O)CC12CC3CC(CC(C3)C1)C2. The van der Waals surface area contributed by atoms with E-state index in [1.807, 2.05) is 0 Å². The summed E-state index contributed by atoms with van der Waals surface area (Å²) >= 11 is 0. The van der Waals surface area contributed by atoms with E-state index in [1.165, 1.54) is 38.5 Å². The summed E-state index contributed by atoms with van der Waals surface area (Å²) in [5.41, 5.74) is 0.399. The number of carbonyl (C=O) groups excluding carboxylic acids is 1. The van der Waals surface area contributed by atoms with Crippen LogP contribution in [-0.2, 0) is 4.79 Å². The van der Waals surface area contributed by atoms with Gasteiger partial charge in [-0.2, -0.15) is 0 Å². The van der Waals surface area contributed by atoms with Gasteiger partial charge in [0.25, 0.3) is 0 Å². The molecule has 0 spiro atoms. The van der Waals surface area contributed by atoms with E-state index >= 15 is 0 Å². The summed E-state index contributed by atoms with van der Waals surface area (Å²) in [6, 6.07) is 0.380. The zero-order valence-electron chi connectivity index (χ0n) is 12.7. The topological polar surface area (TPSA) is 32.3 Å². The lowest BCUT2D eigenvalue weighted by Gasteiger charge is -2.57. The lowest BCUT2D eigenvalue weighted by molar-refractivity contribution is -0.142. The fourth-order valence-corrected chi connectivity index (χ4v) is 6.14. The first-order chi connectivity index (χ1) is 9.63. The molecule has 4 saturated carbocycles. The third kappa shape index (κ3) is 2.18. The summed E-state index contributed by atoms with van der Waals surface area (Å²) in [5, 5.41) is 3.38. The minimum absolute atomic E-state index is 0.380. The van der Waals surface area contributed by atoms with Crippen LogP contribution in [0.3, 0.4) is 0 Å². The Morgan fingerprint density at radius 2 is 1.75 bits per heavy atom. The molecule has 1 unspecified atom stereocenters. The molecule has 0 aromatic rings. The van der Waals surface area contributed by atoms with Crippen molar-refractivity contribution in [3.63, 3.8) is 0 Å². The Morgan fingerprint density at radius 3 is 2.30 bits per heavy atom. The smallest absolute Gasteiger partial charge is 0.223 e. The Bertz CT molecular complexity index is 371. The van der Waals surface area contributed by atoms with Gasteiger partial charge in [-0.3, -0.25) is 4.79 Å². The van der Waals surface area contributed by atoms with Gasteiger partial charge in [-0.15, -0.1) is 0 Å². The van der Waals surface area contributed by atoms with Gasteiger partial charge in [-0.25, -0.2) is 0 Å². The van der Waals surface area contributed by atoms with Crippen molar-refractivity contribution < 1.29 is 4.79 Å². The monoisotopic (exact) mass is 276 g/mol. The third-order valence-electron chi connectivity index (χ3n) is 6.51. The molecule has 112 valence electrons. The maximum Gasteiger partial charge on any atom is 0.223 e. The molecule has 1 aliphatic heterocycles. The van der Waals surface area contributed by atoms with Crippen LogP contribution < -0.4 is 5.32 Å². The standard InChI is InChI=1S/C17H28N2O/c1-12-11-18-2-3-19(12)16(20)10-17-7-13-4-14(8-17)6-15(5-13)9-17/h12-15,18H,2-11H2,1H3. The van der Waals surface area contributed by atoms with Gasteiger partial charge in [0, 0.05) is 32.1 Å². The Kier molecular flexibility index (Phi) is 3.10. The highest BCUT2D eigenvalue weighted by Crippen LogP contribution is 2.61. The number of carbonyl (C=O) groups is 1. The molecule has 0 aromatic carbocycles. The van der Waals surface area contributed by atoms with Gasteiger partial charge in [0.1, 0.15) is 0 Å². The molecule has 1 N–H and O–H groups in total. The summed E-state index contributed by atoms with van der Waals surface area (Å²) in [6.07, 6.45) is 9.31. The molecule has 4 aliphatic carbocycles. The minimum atomic E-state index is 0.380. The second-order valence-corrected chi connectivity index (χ2v) is 8.23. The zero-order chi connectivity index (χ0) is 13.7. The highest BCUT2D eigenvalue weighted by atomic mass is 16.2. The van der Waals surface area contributed by atoms with Crippen molar-refractivity contribution >= 4 is 5.91 Å². The first kappa shape index (κ1) is 13.1. The first-order valence-corrected chi connectivity index (χ1v) is 8.64. The molecule has 1 heterocycles. The van der Waals surface area contributed by atoms with Gasteiger partial charge in [-0.05, 0) is 68.6 Å². The highest BCUT2D eigenvalue weighted by molar-refractivity contribution is 5.77. The quantitative estimate of drug-likeness (QED) is 0.840. The molecule has 0 radical (unpaired) electrons. The fourth-order valence-electron chi connectivity index (χ4n) is 6.14. The van der Waals surface area contributed by atoms with Crippen LogP contribution in [0.1, 0.15) is 51.9 Å². The number of hydrogen-bond acceptors (Lipinski definition) is 2. The van der Waals surface area contributed by atoms with Crippen LogP contribution >= 0.6 is 0 Å². The average molecular weight is 276 g/mol. The predicted molar refractivity (Wildman–Crippen MR) is 79.3 cm³/mol. The van der Waals surface area contributed by atoms with Crippen LogP contribution in [0.2, 0.25) is 0 Å². The Hall–Kier alpha value is -0.570. The third-order valence-corrected chi connectivity index (χ3v) is 6.51. The van der Waals surface area contributed by atoms with Gasteiger partial charge >= 0.3 is 0 Å². The van der Waals surface area contributed by atoms with Crippen molar-refractivity contribution in [3.05, 3.63) is 0 Å². The van der Waals surface area contributed by atoms with Crippen molar-refractivity contribution in [2.45, 2.75) is 57.9 Å². The molecule has 0 aromatic heterocycles. The molecule has 1 atom stereocenters. The van der Waals surface area contributed by atoms with Crippen LogP contribution in [0.4, 0.5) is 0 Å². The molecule has 5 fully saturated rings. The summed E-state index contributed by atoms with van der Waals surface area (Å²) in [7, 11) is 0. The average Bonchev–Trinajstić information content (AvgIpc) is 2.36. The zero-order valence-corrected chi connectivity index (χ0v) is 12.7. The van der Waals surface area contributed by atoms with Gasteiger partial charge in [0.2, 0.25) is 5.91 Å². The summed E-state index contributed by atoms with van der Waals surface area (Å²) in [4.78, 5) is 14.9. The van der Waals surface area contributed by atoms with E-state index in [1.54, 1.807) is 0 Å². The Morgan fingerprint density at radius 1 is 1.15 bits per heavy atom. The van der Waals surface area contributed by atoms with Gasteiger partial charge in [-0.1, -0.05) is 0 Å². The number of nitrogens with one attached hydrogen (secondary N) is 1. The number of hydrogen-bond donors (Lipinski definition) is 1. The van der Waals surface area contributed by atoms with E-state index in [4.69, 9.17) is 0 Å². The number of piperazine rings is 1. The van der Waals surface area contributed by atoms with Crippen molar-refractivity contribution in [2.24, 2.45) is 23.2 Å². The number of nitrogens with zero attached hydrogens (tertiary/aromatic N) is 1. The predicted octanol–water partition coefficient (Wildman–Crippen LogP) is 2.41. The van der Waals surface area contributed by atoms with Crippen LogP contribution in [0, 0.1) is 23.2 Å². The molecule has 4 bridgehead atoms. The van der Waals surface area contributed by atoms with Gasteiger partial charge < -0.3 is 10.2 Å². The molecule has 3 heteroatoms. The van der Waals surface area contributed by atoms with E-state index in [0.29, 0.717) is 17.4 Å². The number of rotatable bonds is 2. The normalized spacial score (nSPS) is 46.8. The Labute approximate surface area is 122 Å². The number of amides is 1. The van der Waals surface area contributed by atoms with Crippen LogP contribution in [0.5, 0.6) is 0 Å². The molecule has 1 saturated heterocycles. The summed E-state index contributed by atoms with van der Waals surface area (Å²) in [5.74, 6) is 3.31. The summed E-state index contributed by atoms with van der Waals surface area (Å²) < 4.78 is 0. The van der Waals surface area contributed by atoms with E-state index in [0.717, 1.165) is 43.8 Å². The molecule has 1 amide bonds. The van der Waals surface area contributed by atoms with Crippen molar-refractivity contribution in [1.29, 1.82) is 0 Å². The molecule has 5 rings (SSSR count). The van der Waals surface area contributed by atoms with Crippen LogP contribution in [-0.4, -0.2) is 36.5 Å². The maximum atomic E-state index is 12.8. The van der Waals surface area contributed by atoms with Gasteiger partial charge in [0.05, 0.1) is 0 Å². The lowest BCUT2D eigenvalue weighted by atomic mass is 9.49. The molecule has 20 heavy (non-hydrogen) atoms.